The Hall–Kier alpha value is -1.28. The third-order valence-electron chi connectivity index (χ3n) is 2.78. The van der Waals surface area contributed by atoms with Crippen molar-refractivity contribution in [2.24, 2.45) is 0 Å². The van der Waals surface area contributed by atoms with Gasteiger partial charge in [0, 0.05) is 21.4 Å². The smallest absolute Gasteiger partial charge is 0.182 e. The lowest BCUT2D eigenvalue weighted by Gasteiger charge is -2.05. The number of aromatic amines is 1. The highest BCUT2D eigenvalue weighted by molar-refractivity contribution is 14.1. The maximum absolute atomic E-state index is 13.7. The van der Waals surface area contributed by atoms with Gasteiger partial charge < -0.3 is 4.98 Å². The van der Waals surface area contributed by atoms with Gasteiger partial charge in [-0.15, -0.1) is 0 Å². The largest absolute Gasteiger partial charge is 0.328 e. The standard InChI is InChI=1S/C13H7F2IN2S/c14-7-4-10(15)12-11(5-7)18(13(19)17-12)9-3-1-2-8(16)6-9/h1-6H,(H,17,19). The quantitative estimate of drug-likeness (QED) is 0.479. The second-order valence-electron chi connectivity index (χ2n) is 4.03. The molecule has 1 N–H and O–H groups in total. The fourth-order valence-electron chi connectivity index (χ4n) is 2.00. The summed E-state index contributed by atoms with van der Waals surface area (Å²) in [4.78, 5) is 2.77. The highest BCUT2D eigenvalue weighted by Crippen LogP contribution is 2.23. The van der Waals surface area contributed by atoms with Gasteiger partial charge in [-0.2, -0.15) is 0 Å². The number of aromatic nitrogens is 2. The average molecular weight is 388 g/mol. The maximum Gasteiger partial charge on any atom is 0.182 e. The molecule has 3 rings (SSSR count). The molecule has 3 aromatic rings. The van der Waals surface area contributed by atoms with Crippen molar-refractivity contribution >= 4 is 45.8 Å². The summed E-state index contributed by atoms with van der Waals surface area (Å²) in [6, 6.07) is 9.65. The van der Waals surface area contributed by atoms with Crippen LogP contribution in [-0.4, -0.2) is 9.55 Å². The summed E-state index contributed by atoms with van der Waals surface area (Å²) in [5.74, 6) is -1.27. The second kappa shape index (κ2) is 4.68. The number of H-pyrrole nitrogens is 1. The van der Waals surface area contributed by atoms with Crippen molar-refractivity contribution in [3.63, 3.8) is 0 Å². The Labute approximate surface area is 126 Å². The Morgan fingerprint density at radius 3 is 2.68 bits per heavy atom. The summed E-state index contributed by atoms with van der Waals surface area (Å²) in [6.07, 6.45) is 0. The van der Waals surface area contributed by atoms with Crippen molar-refractivity contribution in [1.82, 2.24) is 9.55 Å². The van der Waals surface area contributed by atoms with Crippen molar-refractivity contribution < 1.29 is 8.78 Å². The Kier molecular flexibility index (Phi) is 3.14. The zero-order valence-corrected chi connectivity index (χ0v) is 12.4. The maximum atomic E-state index is 13.7. The second-order valence-corrected chi connectivity index (χ2v) is 5.66. The molecular weight excluding hydrogens is 381 g/mol. The minimum Gasteiger partial charge on any atom is -0.328 e. The molecule has 0 radical (unpaired) electrons. The van der Waals surface area contributed by atoms with E-state index in [9.17, 15) is 8.78 Å². The van der Waals surface area contributed by atoms with E-state index in [1.165, 1.54) is 6.07 Å². The van der Waals surface area contributed by atoms with Crippen LogP contribution in [-0.2, 0) is 0 Å². The van der Waals surface area contributed by atoms with Gasteiger partial charge >= 0.3 is 0 Å². The van der Waals surface area contributed by atoms with E-state index < -0.39 is 11.6 Å². The van der Waals surface area contributed by atoms with Crippen molar-refractivity contribution in [2.45, 2.75) is 0 Å². The predicted molar refractivity (Wildman–Crippen MR) is 81.1 cm³/mol. The van der Waals surface area contributed by atoms with Crippen molar-refractivity contribution in [3.8, 4) is 5.69 Å². The first-order chi connectivity index (χ1) is 9.06. The number of benzene rings is 2. The molecule has 0 saturated carbocycles. The Balaban J connectivity index is 2.41. The first-order valence-electron chi connectivity index (χ1n) is 5.42. The van der Waals surface area contributed by atoms with Crippen LogP contribution in [0.15, 0.2) is 36.4 Å². The van der Waals surface area contributed by atoms with Gasteiger partial charge in [0.05, 0.1) is 5.52 Å². The molecule has 2 nitrogen and oxygen atoms in total. The molecule has 0 atom stereocenters. The van der Waals surface area contributed by atoms with E-state index in [4.69, 9.17) is 12.2 Å². The van der Waals surface area contributed by atoms with E-state index in [-0.39, 0.29) is 5.52 Å². The van der Waals surface area contributed by atoms with Crippen LogP contribution in [0.5, 0.6) is 0 Å². The van der Waals surface area contributed by atoms with Gasteiger partial charge in [-0.05, 0) is 53.0 Å². The lowest BCUT2D eigenvalue weighted by molar-refractivity contribution is 0.590. The summed E-state index contributed by atoms with van der Waals surface area (Å²) in [5.41, 5.74) is 1.38. The van der Waals surface area contributed by atoms with Crippen molar-refractivity contribution in [1.29, 1.82) is 0 Å². The average Bonchev–Trinajstić information content (AvgIpc) is 2.66. The number of imidazole rings is 1. The molecule has 0 aliphatic heterocycles. The summed E-state index contributed by atoms with van der Waals surface area (Å²) in [7, 11) is 0. The number of hydrogen-bond acceptors (Lipinski definition) is 1. The van der Waals surface area contributed by atoms with E-state index in [1.54, 1.807) is 4.57 Å². The van der Waals surface area contributed by atoms with E-state index in [1.807, 2.05) is 24.3 Å². The van der Waals surface area contributed by atoms with Crippen LogP contribution in [0.3, 0.4) is 0 Å². The van der Waals surface area contributed by atoms with Gasteiger partial charge in [-0.3, -0.25) is 4.57 Å². The fourth-order valence-corrected chi connectivity index (χ4v) is 2.84. The molecule has 0 spiro atoms. The Morgan fingerprint density at radius 2 is 1.95 bits per heavy atom. The van der Waals surface area contributed by atoms with Crippen LogP contribution in [0.2, 0.25) is 0 Å². The SMILES string of the molecule is Fc1cc(F)c2[nH]c(=S)n(-c3cccc(I)c3)c2c1. The number of nitrogens with one attached hydrogen (secondary N) is 1. The van der Waals surface area contributed by atoms with Crippen LogP contribution in [0.4, 0.5) is 8.78 Å². The molecule has 0 bridgehead atoms. The van der Waals surface area contributed by atoms with E-state index in [2.05, 4.69) is 27.6 Å². The van der Waals surface area contributed by atoms with Gasteiger partial charge in [0.15, 0.2) is 10.6 Å². The monoisotopic (exact) mass is 388 g/mol. The third-order valence-corrected chi connectivity index (χ3v) is 3.73. The molecule has 6 heteroatoms. The highest BCUT2D eigenvalue weighted by Gasteiger charge is 2.12. The molecule has 0 amide bonds. The predicted octanol–water partition coefficient (Wildman–Crippen LogP) is 4.57. The lowest BCUT2D eigenvalue weighted by atomic mass is 10.2. The minimum absolute atomic E-state index is 0.213. The fraction of sp³-hybridized carbons (Fsp3) is 0. The number of fused-ring (bicyclic) bond motifs is 1. The highest BCUT2D eigenvalue weighted by atomic mass is 127. The number of halogens is 3. The normalized spacial score (nSPS) is 11.1. The van der Waals surface area contributed by atoms with E-state index in [0.29, 0.717) is 10.3 Å². The molecule has 1 heterocycles. The Morgan fingerprint density at radius 1 is 1.16 bits per heavy atom. The lowest BCUT2D eigenvalue weighted by Crippen LogP contribution is -1.95. The summed E-state index contributed by atoms with van der Waals surface area (Å²) < 4.78 is 30.1. The van der Waals surface area contributed by atoms with Gasteiger partial charge in [-0.1, -0.05) is 6.07 Å². The van der Waals surface area contributed by atoms with Gasteiger partial charge in [0.1, 0.15) is 11.3 Å². The van der Waals surface area contributed by atoms with Crippen LogP contribution in [0.1, 0.15) is 0 Å². The van der Waals surface area contributed by atoms with E-state index in [0.717, 1.165) is 15.3 Å². The topological polar surface area (TPSA) is 20.7 Å². The molecule has 0 fully saturated rings. The number of hydrogen-bond donors (Lipinski definition) is 1. The van der Waals surface area contributed by atoms with Crippen LogP contribution >= 0.6 is 34.8 Å². The van der Waals surface area contributed by atoms with Crippen molar-refractivity contribution in [2.75, 3.05) is 0 Å². The van der Waals surface area contributed by atoms with Gasteiger partial charge in [-0.25, -0.2) is 8.78 Å². The molecule has 2 aromatic carbocycles. The molecule has 0 aliphatic rings. The molecule has 0 aliphatic carbocycles. The first kappa shape index (κ1) is 12.7. The van der Waals surface area contributed by atoms with Crippen molar-refractivity contribution in [3.05, 3.63) is 56.4 Å². The number of nitrogens with zero attached hydrogens (tertiary/aromatic N) is 1. The zero-order chi connectivity index (χ0) is 13.6. The summed E-state index contributed by atoms with van der Waals surface area (Å²) in [6.45, 7) is 0. The van der Waals surface area contributed by atoms with E-state index >= 15 is 0 Å². The van der Waals surface area contributed by atoms with Crippen LogP contribution in [0, 0.1) is 20.0 Å². The third kappa shape index (κ3) is 2.18. The Bertz CT molecular complexity index is 838. The molecule has 19 heavy (non-hydrogen) atoms. The summed E-state index contributed by atoms with van der Waals surface area (Å²) >= 11 is 7.37. The zero-order valence-electron chi connectivity index (χ0n) is 9.45. The molecular formula is C13H7F2IN2S. The van der Waals surface area contributed by atoms with Crippen LogP contribution in [0.25, 0.3) is 16.7 Å². The molecule has 96 valence electrons. The summed E-state index contributed by atoms with van der Waals surface area (Å²) in [5, 5.41) is 0. The van der Waals surface area contributed by atoms with Crippen LogP contribution < -0.4 is 0 Å². The molecule has 0 unspecified atom stereocenters. The molecule has 0 saturated heterocycles. The van der Waals surface area contributed by atoms with Gasteiger partial charge in [0.25, 0.3) is 0 Å². The minimum atomic E-state index is -0.648. The van der Waals surface area contributed by atoms with Gasteiger partial charge in [0.2, 0.25) is 0 Å². The molecule has 1 aromatic heterocycles. The number of rotatable bonds is 1. The first-order valence-corrected chi connectivity index (χ1v) is 6.90.